The van der Waals surface area contributed by atoms with Crippen molar-refractivity contribution in [1.82, 2.24) is 5.32 Å². The van der Waals surface area contributed by atoms with Gasteiger partial charge in [0.05, 0.1) is 0 Å². The number of para-hydroxylation sites is 1. The van der Waals surface area contributed by atoms with Crippen molar-refractivity contribution in [3.63, 3.8) is 0 Å². The zero-order valence-electron chi connectivity index (χ0n) is 15.3. The quantitative estimate of drug-likeness (QED) is 0.533. The Morgan fingerprint density at radius 1 is 1.21 bits per heavy atom. The SMILES string of the molecule is CSCCC(NC(=O)COc1ccccc1)C(=O)OCc1ccc(F)cc1Br. The highest BCUT2D eigenvalue weighted by Gasteiger charge is 2.22. The van der Waals surface area contributed by atoms with Gasteiger partial charge < -0.3 is 14.8 Å². The summed E-state index contributed by atoms with van der Waals surface area (Å²) in [4.78, 5) is 24.6. The van der Waals surface area contributed by atoms with Crippen molar-refractivity contribution in [1.29, 1.82) is 0 Å². The number of carbonyl (C=O) groups excluding carboxylic acids is 2. The van der Waals surface area contributed by atoms with E-state index in [2.05, 4.69) is 21.2 Å². The maximum absolute atomic E-state index is 13.2. The van der Waals surface area contributed by atoms with E-state index in [-0.39, 0.29) is 19.0 Å². The molecular weight excluding hydrogens is 449 g/mol. The minimum absolute atomic E-state index is 0.0220. The van der Waals surface area contributed by atoms with Gasteiger partial charge in [-0.1, -0.05) is 40.2 Å². The highest BCUT2D eigenvalue weighted by atomic mass is 79.9. The van der Waals surface area contributed by atoms with Gasteiger partial charge in [0, 0.05) is 10.0 Å². The van der Waals surface area contributed by atoms with Gasteiger partial charge in [-0.15, -0.1) is 0 Å². The van der Waals surface area contributed by atoms with Gasteiger partial charge in [0.1, 0.15) is 24.2 Å². The number of carbonyl (C=O) groups is 2. The molecule has 0 fully saturated rings. The Morgan fingerprint density at radius 3 is 2.64 bits per heavy atom. The van der Waals surface area contributed by atoms with Crippen molar-refractivity contribution in [2.75, 3.05) is 18.6 Å². The highest BCUT2D eigenvalue weighted by molar-refractivity contribution is 9.10. The molecule has 8 heteroatoms. The molecule has 0 radical (unpaired) electrons. The van der Waals surface area contributed by atoms with Crippen LogP contribution in [0.4, 0.5) is 4.39 Å². The lowest BCUT2D eigenvalue weighted by Crippen LogP contribution is -2.44. The number of ether oxygens (including phenoxy) is 2. The van der Waals surface area contributed by atoms with E-state index in [9.17, 15) is 14.0 Å². The average molecular weight is 470 g/mol. The first-order valence-corrected chi connectivity index (χ1v) is 10.7. The van der Waals surface area contributed by atoms with E-state index in [0.717, 1.165) is 0 Å². The molecule has 0 bridgehead atoms. The van der Waals surface area contributed by atoms with Gasteiger partial charge in [-0.05, 0) is 42.7 Å². The third kappa shape index (κ3) is 7.52. The number of benzene rings is 2. The van der Waals surface area contributed by atoms with Crippen LogP contribution < -0.4 is 10.1 Å². The molecule has 1 unspecified atom stereocenters. The highest BCUT2D eigenvalue weighted by Crippen LogP contribution is 2.19. The Hall–Kier alpha value is -2.06. The molecule has 0 aliphatic rings. The van der Waals surface area contributed by atoms with Gasteiger partial charge in [0.25, 0.3) is 5.91 Å². The summed E-state index contributed by atoms with van der Waals surface area (Å²) in [7, 11) is 0. The van der Waals surface area contributed by atoms with Crippen LogP contribution in [0.5, 0.6) is 5.75 Å². The molecule has 0 aliphatic carbocycles. The van der Waals surface area contributed by atoms with Crippen molar-refractivity contribution >= 4 is 39.6 Å². The predicted octanol–water partition coefficient (Wildman–Crippen LogP) is 3.95. The zero-order chi connectivity index (χ0) is 20.4. The van der Waals surface area contributed by atoms with Crippen LogP contribution in [0.25, 0.3) is 0 Å². The lowest BCUT2D eigenvalue weighted by molar-refractivity contribution is -0.149. The first-order chi connectivity index (χ1) is 13.5. The van der Waals surface area contributed by atoms with Crippen LogP contribution in [-0.4, -0.2) is 36.5 Å². The number of amides is 1. The number of thioether (sulfide) groups is 1. The van der Waals surface area contributed by atoms with E-state index in [1.807, 2.05) is 12.3 Å². The summed E-state index contributed by atoms with van der Waals surface area (Å²) in [5.41, 5.74) is 0.636. The Bertz CT molecular complexity index is 791. The van der Waals surface area contributed by atoms with E-state index in [1.54, 1.807) is 36.0 Å². The number of esters is 1. The summed E-state index contributed by atoms with van der Waals surface area (Å²) >= 11 is 4.80. The summed E-state index contributed by atoms with van der Waals surface area (Å²) in [6.45, 7) is -0.220. The van der Waals surface area contributed by atoms with Gasteiger partial charge in [0.15, 0.2) is 6.61 Å². The average Bonchev–Trinajstić information content (AvgIpc) is 2.69. The molecule has 2 rings (SSSR count). The second-order valence-electron chi connectivity index (χ2n) is 5.85. The first kappa shape index (κ1) is 22.2. The van der Waals surface area contributed by atoms with Crippen LogP contribution in [0.1, 0.15) is 12.0 Å². The van der Waals surface area contributed by atoms with Crippen molar-refractivity contribution in [3.8, 4) is 5.75 Å². The lowest BCUT2D eigenvalue weighted by Gasteiger charge is -2.18. The van der Waals surface area contributed by atoms with Gasteiger partial charge in [-0.3, -0.25) is 4.79 Å². The fourth-order valence-corrected chi connectivity index (χ4v) is 3.21. The molecule has 2 aromatic carbocycles. The molecule has 28 heavy (non-hydrogen) atoms. The minimum Gasteiger partial charge on any atom is -0.484 e. The number of nitrogens with one attached hydrogen (secondary N) is 1. The van der Waals surface area contributed by atoms with Gasteiger partial charge in [-0.25, -0.2) is 9.18 Å². The van der Waals surface area contributed by atoms with Crippen LogP contribution in [0, 0.1) is 5.82 Å². The van der Waals surface area contributed by atoms with Gasteiger partial charge >= 0.3 is 5.97 Å². The number of rotatable bonds is 10. The summed E-state index contributed by atoms with van der Waals surface area (Å²) in [6.07, 6.45) is 2.35. The maximum Gasteiger partial charge on any atom is 0.329 e. The molecule has 1 atom stereocenters. The molecule has 0 heterocycles. The van der Waals surface area contributed by atoms with Crippen molar-refractivity contribution in [3.05, 3.63) is 64.4 Å². The van der Waals surface area contributed by atoms with Crippen LogP contribution >= 0.6 is 27.7 Å². The monoisotopic (exact) mass is 469 g/mol. The normalized spacial score (nSPS) is 11.5. The fraction of sp³-hybridized carbons (Fsp3) is 0.300. The summed E-state index contributed by atoms with van der Waals surface area (Å²) in [5, 5.41) is 2.66. The molecule has 1 amide bonds. The number of hydrogen-bond donors (Lipinski definition) is 1. The second kappa shape index (κ2) is 11.7. The van der Waals surface area contributed by atoms with Crippen molar-refractivity contribution in [2.24, 2.45) is 0 Å². The summed E-state index contributed by atoms with van der Waals surface area (Å²) in [5.74, 6) is -0.0828. The zero-order valence-corrected chi connectivity index (χ0v) is 17.7. The molecule has 0 aliphatic heterocycles. The predicted molar refractivity (Wildman–Crippen MR) is 111 cm³/mol. The minimum atomic E-state index is -0.779. The molecular formula is C20H21BrFNO4S. The third-order valence-corrected chi connectivity index (χ3v) is 5.11. The first-order valence-electron chi connectivity index (χ1n) is 8.56. The Balaban J connectivity index is 1.89. The largest absolute Gasteiger partial charge is 0.484 e. The summed E-state index contributed by atoms with van der Waals surface area (Å²) in [6, 6.07) is 12.3. The number of hydrogen-bond acceptors (Lipinski definition) is 5. The molecule has 0 saturated carbocycles. The van der Waals surface area contributed by atoms with E-state index in [0.29, 0.717) is 28.0 Å². The Morgan fingerprint density at radius 2 is 1.96 bits per heavy atom. The third-order valence-electron chi connectivity index (χ3n) is 3.73. The molecule has 2 aromatic rings. The number of halogens is 2. The van der Waals surface area contributed by atoms with E-state index in [4.69, 9.17) is 9.47 Å². The van der Waals surface area contributed by atoms with Gasteiger partial charge in [-0.2, -0.15) is 11.8 Å². The van der Waals surface area contributed by atoms with E-state index < -0.39 is 17.9 Å². The molecule has 0 saturated heterocycles. The second-order valence-corrected chi connectivity index (χ2v) is 7.69. The molecule has 150 valence electrons. The smallest absolute Gasteiger partial charge is 0.329 e. The summed E-state index contributed by atoms with van der Waals surface area (Å²) < 4.78 is 24.4. The van der Waals surface area contributed by atoms with Crippen LogP contribution in [0.3, 0.4) is 0 Å². The van der Waals surface area contributed by atoms with Crippen LogP contribution in [0.2, 0.25) is 0 Å². The van der Waals surface area contributed by atoms with Crippen molar-refractivity contribution in [2.45, 2.75) is 19.1 Å². The molecule has 1 N–H and O–H groups in total. The van der Waals surface area contributed by atoms with E-state index >= 15 is 0 Å². The van der Waals surface area contributed by atoms with E-state index in [1.165, 1.54) is 18.2 Å². The molecule has 5 nitrogen and oxygen atoms in total. The van der Waals surface area contributed by atoms with Gasteiger partial charge in [0.2, 0.25) is 0 Å². The molecule has 0 spiro atoms. The van der Waals surface area contributed by atoms with Crippen LogP contribution in [-0.2, 0) is 20.9 Å². The fourth-order valence-electron chi connectivity index (χ4n) is 2.27. The maximum atomic E-state index is 13.2. The lowest BCUT2D eigenvalue weighted by atomic mass is 10.2. The molecule has 0 aromatic heterocycles. The Labute approximate surface area is 176 Å². The topological polar surface area (TPSA) is 64.6 Å². The van der Waals surface area contributed by atoms with Crippen molar-refractivity contribution < 1.29 is 23.5 Å². The van der Waals surface area contributed by atoms with Crippen LogP contribution in [0.15, 0.2) is 53.0 Å². The Kier molecular flexibility index (Phi) is 9.30. The standard InChI is InChI=1S/C20H21BrFNO4S/c1-28-10-9-18(23-19(24)13-26-16-5-3-2-4-6-16)20(25)27-12-14-7-8-15(22)11-17(14)21/h2-8,11,18H,9-10,12-13H2,1H3,(H,23,24).